The van der Waals surface area contributed by atoms with Crippen LogP contribution in [0, 0.1) is 0 Å². The number of benzene rings is 2. The van der Waals surface area contributed by atoms with Gasteiger partial charge in [0.25, 0.3) is 0 Å². The Morgan fingerprint density at radius 2 is 1.63 bits per heavy atom. The Morgan fingerprint density at radius 1 is 1.00 bits per heavy atom. The second-order valence-electron chi connectivity index (χ2n) is 6.18. The van der Waals surface area contributed by atoms with Crippen molar-refractivity contribution >= 4 is 12.0 Å². The summed E-state index contributed by atoms with van der Waals surface area (Å²) in [5.74, 6) is -0.375. The summed E-state index contributed by atoms with van der Waals surface area (Å²) in [5, 5.41) is 0. The molecule has 2 rings (SSSR count). The van der Waals surface area contributed by atoms with Gasteiger partial charge < -0.3 is 14.4 Å². The highest BCUT2D eigenvalue weighted by molar-refractivity contribution is 5.87. The molecule has 4 heteroatoms. The van der Waals surface area contributed by atoms with Gasteiger partial charge in [0.2, 0.25) is 0 Å². The molecule has 0 N–H and O–H groups in total. The molecule has 0 aliphatic rings. The van der Waals surface area contributed by atoms with Gasteiger partial charge in [-0.3, -0.25) is 0 Å². The molecule has 0 bridgehead atoms. The number of rotatable bonds is 11. The number of likely N-dealkylation sites (N-methyl/N-ethyl adjacent to an activating group) is 1. The SMILES string of the molecule is CCN(CC)CCOCC(OC(=O)/C=C\c1ccccc1)c1ccccc1. The second-order valence-corrected chi connectivity index (χ2v) is 6.18. The van der Waals surface area contributed by atoms with E-state index in [1.54, 1.807) is 6.08 Å². The van der Waals surface area contributed by atoms with Crippen LogP contribution in [0.2, 0.25) is 0 Å². The van der Waals surface area contributed by atoms with Crippen molar-refractivity contribution in [2.75, 3.05) is 32.8 Å². The number of carbonyl (C=O) groups is 1. The summed E-state index contributed by atoms with van der Waals surface area (Å²) >= 11 is 0. The quantitative estimate of drug-likeness (QED) is 0.336. The summed E-state index contributed by atoms with van der Waals surface area (Å²) in [7, 11) is 0. The normalized spacial score (nSPS) is 12.4. The molecule has 2 aromatic rings. The minimum atomic E-state index is -0.421. The smallest absolute Gasteiger partial charge is 0.331 e. The summed E-state index contributed by atoms with van der Waals surface area (Å²) in [6.45, 7) is 8.10. The monoisotopic (exact) mass is 367 g/mol. The minimum Gasteiger partial charge on any atom is -0.452 e. The second kappa shape index (κ2) is 12.0. The van der Waals surface area contributed by atoms with E-state index in [-0.39, 0.29) is 5.97 Å². The predicted octanol–water partition coefficient (Wildman–Crippen LogP) is 4.34. The van der Waals surface area contributed by atoms with Gasteiger partial charge in [0, 0.05) is 12.6 Å². The van der Waals surface area contributed by atoms with E-state index in [9.17, 15) is 4.79 Å². The van der Waals surface area contributed by atoms with E-state index in [4.69, 9.17) is 9.47 Å². The molecule has 2 aromatic carbocycles. The first-order chi connectivity index (χ1) is 13.2. The van der Waals surface area contributed by atoms with E-state index in [0.29, 0.717) is 13.2 Å². The van der Waals surface area contributed by atoms with Crippen LogP contribution in [0.3, 0.4) is 0 Å². The van der Waals surface area contributed by atoms with Crippen molar-refractivity contribution in [3.8, 4) is 0 Å². The molecule has 0 aliphatic carbocycles. The van der Waals surface area contributed by atoms with Crippen LogP contribution in [-0.2, 0) is 14.3 Å². The summed E-state index contributed by atoms with van der Waals surface area (Å²) in [6.07, 6.45) is 2.79. The Kier molecular flexibility index (Phi) is 9.31. The largest absolute Gasteiger partial charge is 0.452 e. The fourth-order valence-corrected chi connectivity index (χ4v) is 2.70. The van der Waals surface area contributed by atoms with Crippen molar-refractivity contribution in [3.63, 3.8) is 0 Å². The molecular formula is C23H29NO3. The van der Waals surface area contributed by atoms with Gasteiger partial charge in [-0.05, 0) is 30.3 Å². The molecule has 0 aromatic heterocycles. The lowest BCUT2D eigenvalue weighted by Crippen LogP contribution is -2.28. The Bertz CT molecular complexity index is 681. The lowest BCUT2D eigenvalue weighted by molar-refractivity contribution is -0.146. The number of ether oxygens (including phenoxy) is 2. The molecule has 0 spiro atoms. The van der Waals surface area contributed by atoms with E-state index in [1.165, 1.54) is 6.08 Å². The van der Waals surface area contributed by atoms with Crippen molar-refractivity contribution in [2.45, 2.75) is 20.0 Å². The molecule has 0 aliphatic heterocycles. The molecule has 1 atom stereocenters. The molecule has 0 saturated heterocycles. The van der Waals surface area contributed by atoms with Crippen molar-refractivity contribution in [1.29, 1.82) is 0 Å². The van der Waals surface area contributed by atoms with Crippen LogP contribution in [0.4, 0.5) is 0 Å². The molecule has 0 amide bonds. The van der Waals surface area contributed by atoms with Crippen molar-refractivity contribution in [2.24, 2.45) is 0 Å². The highest BCUT2D eigenvalue weighted by Crippen LogP contribution is 2.18. The van der Waals surface area contributed by atoms with Crippen LogP contribution < -0.4 is 0 Å². The first-order valence-corrected chi connectivity index (χ1v) is 9.51. The topological polar surface area (TPSA) is 38.8 Å². The minimum absolute atomic E-state index is 0.343. The predicted molar refractivity (Wildman–Crippen MR) is 109 cm³/mol. The summed E-state index contributed by atoms with van der Waals surface area (Å²) < 4.78 is 11.5. The fraction of sp³-hybridized carbons (Fsp3) is 0.348. The van der Waals surface area contributed by atoms with Crippen LogP contribution in [-0.4, -0.2) is 43.7 Å². The maximum absolute atomic E-state index is 12.3. The third-order valence-electron chi connectivity index (χ3n) is 4.36. The lowest BCUT2D eigenvalue weighted by Gasteiger charge is -2.20. The van der Waals surface area contributed by atoms with Crippen LogP contribution in [0.5, 0.6) is 0 Å². The van der Waals surface area contributed by atoms with Crippen LogP contribution >= 0.6 is 0 Å². The van der Waals surface area contributed by atoms with Crippen LogP contribution in [0.15, 0.2) is 66.7 Å². The van der Waals surface area contributed by atoms with Crippen molar-refractivity contribution in [1.82, 2.24) is 4.90 Å². The van der Waals surface area contributed by atoms with E-state index in [1.807, 2.05) is 60.7 Å². The molecular weight excluding hydrogens is 338 g/mol. The maximum Gasteiger partial charge on any atom is 0.331 e. The number of carbonyl (C=O) groups excluding carboxylic acids is 1. The third-order valence-corrected chi connectivity index (χ3v) is 4.36. The van der Waals surface area contributed by atoms with Gasteiger partial charge >= 0.3 is 5.97 Å². The van der Waals surface area contributed by atoms with Gasteiger partial charge in [-0.15, -0.1) is 0 Å². The van der Waals surface area contributed by atoms with E-state index >= 15 is 0 Å². The molecule has 0 radical (unpaired) electrons. The Balaban J connectivity index is 1.92. The van der Waals surface area contributed by atoms with Gasteiger partial charge in [-0.25, -0.2) is 4.79 Å². The molecule has 27 heavy (non-hydrogen) atoms. The highest BCUT2D eigenvalue weighted by Gasteiger charge is 2.16. The first kappa shape index (κ1) is 20.9. The highest BCUT2D eigenvalue weighted by atomic mass is 16.6. The molecule has 0 fully saturated rings. The van der Waals surface area contributed by atoms with E-state index in [2.05, 4.69) is 18.7 Å². The van der Waals surface area contributed by atoms with E-state index < -0.39 is 6.10 Å². The zero-order valence-corrected chi connectivity index (χ0v) is 16.2. The van der Waals surface area contributed by atoms with E-state index in [0.717, 1.165) is 30.8 Å². The van der Waals surface area contributed by atoms with Crippen LogP contribution in [0.1, 0.15) is 31.1 Å². The Morgan fingerprint density at radius 3 is 2.26 bits per heavy atom. The first-order valence-electron chi connectivity index (χ1n) is 9.51. The molecule has 0 saturated carbocycles. The zero-order valence-electron chi connectivity index (χ0n) is 16.2. The zero-order chi connectivity index (χ0) is 19.3. The summed E-state index contributed by atoms with van der Waals surface area (Å²) in [6, 6.07) is 19.4. The van der Waals surface area contributed by atoms with Crippen molar-refractivity contribution < 1.29 is 14.3 Å². The summed E-state index contributed by atoms with van der Waals surface area (Å²) in [5.41, 5.74) is 1.89. The van der Waals surface area contributed by atoms with Gasteiger partial charge in [0.1, 0.15) is 0 Å². The molecule has 4 nitrogen and oxygen atoms in total. The van der Waals surface area contributed by atoms with Crippen molar-refractivity contribution in [3.05, 3.63) is 77.9 Å². The number of nitrogens with zero attached hydrogens (tertiary/aromatic N) is 1. The number of hydrogen-bond donors (Lipinski definition) is 0. The maximum atomic E-state index is 12.3. The number of hydrogen-bond acceptors (Lipinski definition) is 4. The molecule has 1 unspecified atom stereocenters. The van der Waals surface area contributed by atoms with Gasteiger partial charge in [0.05, 0.1) is 13.2 Å². The van der Waals surface area contributed by atoms with Gasteiger partial charge in [-0.2, -0.15) is 0 Å². The number of esters is 1. The standard InChI is InChI=1S/C23H29NO3/c1-3-24(4-2)17-18-26-19-22(21-13-9-6-10-14-21)27-23(25)16-15-20-11-7-5-8-12-20/h5-16,22H,3-4,17-19H2,1-2H3/b16-15-. The van der Waals surface area contributed by atoms with Gasteiger partial charge in [-0.1, -0.05) is 74.5 Å². The van der Waals surface area contributed by atoms with Gasteiger partial charge in [0.15, 0.2) is 6.10 Å². The van der Waals surface area contributed by atoms with Crippen LogP contribution in [0.25, 0.3) is 6.08 Å². The Labute approximate surface area is 162 Å². The average Bonchev–Trinajstić information content (AvgIpc) is 2.73. The summed E-state index contributed by atoms with van der Waals surface area (Å²) in [4.78, 5) is 14.6. The molecule has 0 heterocycles. The average molecular weight is 367 g/mol. The molecule has 144 valence electrons. The third kappa shape index (κ3) is 7.77. The fourth-order valence-electron chi connectivity index (χ4n) is 2.70. The lowest BCUT2D eigenvalue weighted by atomic mass is 10.1. The Hall–Kier alpha value is -2.43.